The van der Waals surface area contributed by atoms with Crippen LogP contribution in [0.25, 0.3) is 5.65 Å². The van der Waals surface area contributed by atoms with Gasteiger partial charge in [0.2, 0.25) is 5.65 Å². The van der Waals surface area contributed by atoms with Gasteiger partial charge in [-0.1, -0.05) is 6.07 Å². The molecule has 0 radical (unpaired) electrons. The van der Waals surface area contributed by atoms with Crippen molar-refractivity contribution in [1.82, 2.24) is 14.4 Å². The van der Waals surface area contributed by atoms with Crippen LogP contribution in [0, 0.1) is 0 Å². The second kappa shape index (κ2) is 5.12. The van der Waals surface area contributed by atoms with E-state index < -0.39 is 9.84 Å². The second-order valence-corrected chi connectivity index (χ2v) is 7.20. The van der Waals surface area contributed by atoms with E-state index in [1.54, 1.807) is 35.1 Å². The van der Waals surface area contributed by atoms with Crippen LogP contribution < -0.4 is 4.74 Å². The van der Waals surface area contributed by atoms with Gasteiger partial charge in [0.1, 0.15) is 10.4 Å². The molecule has 2 aromatic heterocycles. The quantitative estimate of drug-likeness (QED) is 0.711. The van der Waals surface area contributed by atoms with Crippen molar-refractivity contribution in [2.24, 2.45) is 0 Å². The number of aromatic nitrogens is 3. The van der Waals surface area contributed by atoms with Crippen LogP contribution in [0.2, 0.25) is 0 Å². The number of halogens is 1. The molecule has 1 aromatic carbocycles. The molecule has 0 fully saturated rings. The van der Waals surface area contributed by atoms with E-state index in [1.165, 1.54) is 12.1 Å². The summed E-state index contributed by atoms with van der Waals surface area (Å²) >= 11 is 3.29. The maximum Gasteiger partial charge on any atom is 0.264 e. The van der Waals surface area contributed by atoms with Gasteiger partial charge >= 0.3 is 0 Å². The van der Waals surface area contributed by atoms with Crippen molar-refractivity contribution in [3.63, 3.8) is 0 Å². The van der Waals surface area contributed by atoms with Gasteiger partial charge in [0.05, 0.1) is 4.90 Å². The average molecular weight is 368 g/mol. The minimum absolute atomic E-state index is 0.189. The van der Waals surface area contributed by atoms with Crippen molar-refractivity contribution in [3.05, 3.63) is 47.5 Å². The summed E-state index contributed by atoms with van der Waals surface area (Å²) in [5.74, 6) is 0.674. The van der Waals surface area contributed by atoms with Crippen molar-refractivity contribution in [2.75, 3.05) is 6.26 Å². The van der Waals surface area contributed by atoms with E-state index >= 15 is 0 Å². The third kappa shape index (κ3) is 2.91. The van der Waals surface area contributed by atoms with E-state index in [9.17, 15) is 8.42 Å². The first-order valence-corrected chi connectivity index (χ1v) is 8.59. The molecular formula is C13H10BrN3O3S. The molecule has 3 rings (SSSR count). The van der Waals surface area contributed by atoms with Gasteiger partial charge in [-0.05, 0) is 34.1 Å². The lowest BCUT2D eigenvalue weighted by atomic mass is 10.3. The van der Waals surface area contributed by atoms with E-state index in [2.05, 4.69) is 25.9 Å². The predicted molar refractivity (Wildman–Crippen MR) is 80.3 cm³/mol. The Balaban J connectivity index is 2.05. The molecular weight excluding hydrogens is 358 g/mol. The Morgan fingerprint density at radius 2 is 2.14 bits per heavy atom. The first-order chi connectivity index (χ1) is 9.93. The third-order valence-corrected chi connectivity index (χ3v) is 4.25. The Bertz CT molecular complexity index is 921. The Hall–Kier alpha value is -1.93. The summed E-state index contributed by atoms with van der Waals surface area (Å²) in [6, 6.07) is 6.25. The standard InChI is InChI=1S/C13H10BrN3O3S/c1-21(18,19)10-4-2-3-9(7-10)20-13-12-15-5-6-17(12)8-11(14)16-13/h2-8H,1H3. The van der Waals surface area contributed by atoms with E-state index in [1.807, 2.05) is 0 Å². The van der Waals surface area contributed by atoms with Crippen LogP contribution in [-0.4, -0.2) is 29.0 Å². The van der Waals surface area contributed by atoms with E-state index in [-0.39, 0.29) is 4.90 Å². The van der Waals surface area contributed by atoms with Gasteiger partial charge in [0, 0.05) is 24.8 Å². The van der Waals surface area contributed by atoms with E-state index in [0.29, 0.717) is 21.9 Å². The van der Waals surface area contributed by atoms with Gasteiger partial charge in [-0.3, -0.25) is 4.40 Å². The first kappa shape index (κ1) is 14.0. The molecule has 3 aromatic rings. The molecule has 0 atom stereocenters. The molecule has 6 nitrogen and oxygen atoms in total. The number of hydrogen-bond acceptors (Lipinski definition) is 5. The van der Waals surface area contributed by atoms with Crippen molar-refractivity contribution in [1.29, 1.82) is 0 Å². The summed E-state index contributed by atoms with van der Waals surface area (Å²) in [6.07, 6.45) is 6.29. The highest BCUT2D eigenvalue weighted by molar-refractivity contribution is 9.10. The molecule has 0 aliphatic carbocycles. The van der Waals surface area contributed by atoms with Crippen molar-refractivity contribution < 1.29 is 13.2 Å². The van der Waals surface area contributed by atoms with Crippen LogP contribution in [0.1, 0.15) is 0 Å². The first-order valence-electron chi connectivity index (χ1n) is 5.91. The van der Waals surface area contributed by atoms with Gasteiger partial charge in [-0.2, -0.15) is 0 Å². The summed E-state index contributed by atoms with van der Waals surface area (Å²) in [5, 5.41) is 0. The molecule has 8 heteroatoms. The zero-order valence-electron chi connectivity index (χ0n) is 10.9. The lowest BCUT2D eigenvalue weighted by molar-refractivity contribution is 0.462. The van der Waals surface area contributed by atoms with E-state index in [4.69, 9.17) is 4.74 Å². The number of imidazole rings is 1. The fraction of sp³-hybridized carbons (Fsp3) is 0.0769. The Morgan fingerprint density at radius 3 is 2.90 bits per heavy atom. The molecule has 0 N–H and O–H groups in total. The Labute approximate surface area is 129 Å². The minimum atomic E-state index is -3.29. The fourth-order valence-electron chi connectivity index (χ4n) is 1.82. The smallest absolute Gasteiger partial charge is 0.264 e. The Kier molecular flexibility index (Phi) is 3.42. The normalized spacial score (nSPS) is 11.7. The molecule has 2 heterocycles. The molecule has 0 saturated carbocycles. The SMILES string of the molecule is CS(=O)(=O)c1cccc(Oc2nc(Br)cn3ccnc23)c1. The van der Waals surface area contributed by atoms with Gasteiger partial charge in [-0.25, -0.2) is 18.4 Å². The molecule has 0 spiro atoms. The highest BCUT2D eigenvalue weighted by Gasteiger charge is 2.12. The van der Waals surface area contributed by atoms with Crippen LogP contribution in [0.3, 0.4) is 0 Å². The Morgan fingerprint density at radius 1 is 1.33 bits per heavy atom. The van der Waals surface area contributed by atoms with Crippen LogP contribution in [0.15, 0.2) is 52.4 Å². The maximum absolute atomic E-state index is 11.6. The molecule has 0 aliphatic rings. The minimum Gasteiger partial charge on any atom is -0.436 e. The molecule has 0 saturated heterocycles. The number of nitrogens with zero attached hydrogens (tertiary/aromatic N) is 3. The molecule has 0 unspecified atom stereocenters. The van der Waals surface area contributed by atoms with Gasteiger partial charge < -0.3 is 4.74 Å². The molecule has 0 bridgehead atoms. The number of hydrogen-bond donors (Lipinski definition) is 0. The summed E-state index contributed by atoms with van der Waals surface area (Å²) in [4.78, 5) is 8.58. The van der Waals surface area contributed by atoms with Crippen LogP contribution >= 0.6 is 15.9 Å². The molecule has 0 amide bonds. The molecule has 21 heavy (non-hydrogen) atoms. The highest BCUT2D eigenvalue weighted by Crippen LogP contribution is 2.26. The number of rotatable bonds is 3. The van der Waals surface area contributed by atoms with E-state index in [0.717, 1.165) is 6.26 Å². The van der Waals surface area contributed by atoms with Crippen molar-refractivity contribution in [2.45, 2.75) is 4.90 Å². The largest absolute Gasteiger partial charge is 0.436 e. The zero-order chi connectivity index (χ0) is 15.0. The van der Waals surface area contributed by atoms with Crippen molar-refractivity contribution >= 4 is 31.4 Å². The van der Waals surface area contributed by atoms with Crippen molar-refractivity contribution in [3.8, 4) is 11.6 Å². The lowest BCUT2D eigenvalue weighted by Gasteiger charge is -2.07. The van der Waals surface area contributed by atoms with Gasteiger partial charge in [0.25, 0.3) is 5.88 Å². The molecule has 0 aliphatic heterocycles. The van der Waals surface area contributed by atoms with Gasteiger partial charge in [0.15, 0.2) is 9.84 Å². The number of sulfone groups is 1. The number of fused-ring (bicyclic) bond motifs is 1. The predicted octanol–water partition coefficient (Wildman–Crippen LogP) is 2.69. The number of benzene rings is 1. The second-order valence-electron chi connectivity index (χ2n) is 4.38. The van der Waals surface area contributed by atoms with Crippen LogP contribution in [0.4, 0.5) is 0 Å². The topological polar surface area (TPSA) is 73.6 Å². The van der Waals surface area contributed by atoms with Crippen LogP contribution in [0.5, 0.6) is 11.6 Å². The fourth-order valence-corrected chi connectivity index (χ4v) is 2.86. The summed E-state index contributed by atoms with van der Waals surface area (Å²) < 4.78 is 31.2. The summed E-state index contributed by atoms with van der Waals surface area (Å²) in [5.41, 5.74) is 0.544. The third-order valence-electron chi connectivity index (χ3n) is 2.76. The monoisotopic (exact) mass is 367 g/mol. The lowest BCUT2D eigenvalue weighted by Crippen LogP contribution is -1.98. The zero-order valence-corrected chi connectivity index (χ0v) is 13.3. The van der Waals surface area contributed by atoms with Gasteiger partial charge in [-0.15, -0.1) is 0 Å². The summed E-state index contributed by atoms with van der Waals surface area (Å²) in [7, 11) is -3.29. The van der Waals surface area contributed by atoms with Crippen LogP contribution in [-0.2, 0) is 9.84 Å². The number of ether oxygens (including phenoxy) is 1. The average Bonchev–Trinajstić information content (AvgIpc) is 2.86. The molecule has 108 valence electrons. The highest BCUT2D eigenvalue weighted by atomic mass is 79.9. The maximum atomic E-state index is 11.6. The summed E-state index contributed by atoms with van der Waals surface area (Å²) in [6.45, 7) is 0.